The lowest BCUT2D eigenvalue weighted by molar-refractivity contribution is -0.151. The van der Waals surface area contributed by atoms with E-state index in [1.54, 1.807) is 0 Å². The quantitative estimate of drug-likeness (QED) is 0.0322. The Balaban J connectivity index is 4.63. The average molecular weight is 844 g/mol. The van der Waals surface area contributed by atoms with Crippen molar-refractivity contribution < 1.29 is 24.5 Å². The van der Waals surface area contributed by atoms with Crippen LogP contribution in [-0.4, -0.2) is 46.9 Å². The molecule has 0 saturated heterocycles. The van der Waals surface area contributed by atoms with Crippen LogP contribution in [-0.2, 0) is 14.3 Å². The van der Waals surface area contributed by atoms with Crippen molar-refractivity contribution in [3.8, 4) is 0 Å². The Morgan fingerprint density at radius 2 is 0.850 bits per heavy atom. The summed E-state index contributed by atoms with van der Waals surface area (Å²) in [5.41, 5.74) is 0. The number of ether oxygens (including phenoxy) is 1. The van der Waals surface area contributed by atoms with Crippen molar-refractivity contribution in [3.05, 3.63) is 36.5 Å². The van der Waals surface area contributed by atoms with Crippen molar-refractivity contribution in [3.63, 3.8) is 0 Å². The first-order valence-corrected chi connectivity index (χ1v) is 26.2. The van der Waals surface area contributed by atoms with Crippen LogP contribution in [0, 0.1) is 0 Å². The Bertz CT molecular complexity index is 993. The monoisotopic (exact) mass is 844 g/mol. The van der Waals surface area contributed by atoms with Crippen molar-refractivity contribution in [2.75, 3.05) is 6.61 Å². The number of allylic oxidation sites excluding steroid dienone is 6. The summed E-state index contributed by atoms with van der Waals surface area (Å²) in [4.78, 5) is 26.1. The molecule has 3 unspecified atom stereocenters. The second-order valence-corrected chi connectivity index (χ2v) is 17.9. The molecule has 3 N–H and O–H groups in total. The second kappa shape index (κ2) is 48.1. The number of rotatable bonds is 47. The number of hydrogen-bond acceptors (Lipinski definition) is 5. The lowest BCUT2D eigenvalue weighted by Gasteiger charge is -2.24. The van der Waals surface area contributed by atoms with E-state index in [0.717, 1.165) is 70.6 Å². The van der Waals surface area contributed by atoms with Gasteiger partial charge < -0.3 is 20.3 Å². The van der Waals surface area contributed by atoms with Crippen molar-refractivity contribution in [1.29, 1.82) is 0 Å². The highest BCUT2D eigenvalue weighted by Crippen LogP contribution is 2.18. The zero-order valence-corrected chi connectivity index (χ0v) is 40.1. The third kappa shape index (κ3) is 42.8. The zero-order valence-electron chi connectivity index (χ0n) is 40.1. The van der Waals surface area contributed by atoms with Crippen LogP contribution in [0.25, 0.3) is 0 Å². The molecule has 0 bridgehead atoms. The summed E-state index contributed by atoms with van der Waals surface area (Å²) in [5.74, 6) is -0.500. The van der Waals surface area contributed by atoms with Crippen LogP contribution >= 0.6 is 0 Å². The Hall–Kier alpha value is -1.92. The largest absolute Gasteiger partial charge is 0.462 e. The summed E-state index contributed by atoms with van der Waals surface area (Å²) in [6.07, 6.45) is 56.3. The smallest absolute Gasteiger partial charge is 0.306 e. The number of hydrogen-bond donors (Lipinski definition) is 3. The third-order valence-electron chi connectivity index (χ3n) is 12.0. The van der Waals surface area contributed by atoms with Gasteiger partial charge in [0.15, 0.2) is 0 Å². The number of aliphatic hydroxyl groups excluding tert-OH is 2. The number of esters is 1. The van der Waals surface area contributed by atoms with Crippen LogP contribution in [0.1, 0.15) is 271 Å². The Labute approximate surface area is 373 Å². The number of carbonyl (C=O) groups is 2. The van der Waals surface area contributed by atoms with Gasteiger partial charge in [0.05, 0.1) is 25.2 Å². The van der Waals surface area contributed by atoms with Crippen molar-refractivity contribution in [1.82, 2.24) is 5.32 Å². The highest BCUT2D eigenvalue weighted by molar-refractivity contribution is 5.77. The second-order valence-electron chi connectivity index (χ2n) is 17.9. The minimum absolute atomic E-state index is 0.0555. The first kappa shape index (κ1) is 58.1. The van der Waals surface area contributed by atoms with E-state index in [9.17, 15) is 19.8 Å². The predicted molar refractivity (Wildman–Crippen MR) is 259 cm³/mol. The number of unbranched alkanes of at least 4 members (excludes halogenated alkanes) is 29. The van der Waals surface area contributed by atoms with Crippen molar-refractivity contribution >= 4 is 11.9 Å². The Morgan fingerprint density at radius 1 is 0.483 bits per heavy atom. The standard InChI is InChI=1S/C54H101NO5/c1-4-7-10-13-16-19-22-24-26-28-31-33-36-39-42-45-50(60-54(59)47-44-41-38-35-32-29-27-25-23-20-17-14-11-8-5-2)48-53(58)55-51(49-56)52(57)46-43-40-37-34-30-21-18-15-12-9-6-3/h16,19,24,26,31,33,50-52,56-57H,4-15,17-18,20-23,25,27-30,32,34-49H2,1-3H3,(H,55,58)/b19-16-,26-24-,33-31-. The molecule has 0 aromatic rings. The van der Waals surface area contributed by atoms with Gasteiger partial charge in [-0.25, -0.2) is 0 Å². The molecule has 0 aromatic carbocycles. The molecule has 1 amide bonds. The van der Waals surface area contributed by atoms with E-state index in [4.69, 9.17) is 4.74 Å². The molecule has 0 radical (unpaired) electrons. The highest BCUT2D eigenvalue weighted by atomic mass is 16.5. The maximum atomic E-state index is 13.2. The Morgan fingerprint density at radius 3 is 1.30 bits per heavy atom. The van der Waals surface area contributed by atoms with Crippen LogP contribution < -0.4 is 5.32 Å². The molecule has 0 saturated carbocycles. The maximum absolute atomic E-state index is 13.2. The van der Waals surface area contributed by atoms with Gasteiger partial charge in [0.1, 0.15) is 6.10 Å². The summed E-state index contributed by atoms with van der Waals surface area (Å²) in [7, 11) is 0. The topological polar surface area (TPSA) is 95.9 Å². The van der Waals surface area contributed by atoms with Gasteiger partial charge in [0.2, 0.25) is 5.91 Å². The summed E-state index contributed by atoms with van der Waals surface area (Å²) in [6.45, 7) is 6.45. The van der Waals surface area contributed by atoms with Gasteiger partial charge in [0.25, 0.3) is 0 Å². The van der Waals surface area contributed by atoms with E-state index in [1.165, 1.54) is 154 Å². The van der Waals surface area contributed by atoms with Gasteiger partial charge in [-0.2, -0.15) is 0 Å². The molecule has 0 aliphatic carbocycles. The van der Waals surface area contributed by atoms with E-state index in [1.807, 2.05) is 0 Å². The molecule has 6 nitrogen and oxygen atoms in total. The number of amides is 1. The average Bonchev–Trinajstić information content (AvgIpc) is 3.24. The molecule has 0 heterocycles. The maximum Gasteiger partial charge on any atom is 0.306 e. The fourth-order valence-electron chi connectivity index (χ4n) is 7.97. The van der Waals surface area contributed by atoms with E-state index in [0.29, 0.717) is 19.3 Å². The summed E-state index contributed by atoms with van der Waals surface area (Å²) in [6, 6.07) is -0.710. The molecule has 0 spiro atoms. The molecule has 0 aliphatic heterocycles. The number of nitrogens with one attached hydrogen (secondary N) is 1. The van der Waals surface area contributed by atoms with E-state index in [-0.39, 0.29) is 24.9 Å². The molecule has 0 aromatic heterocycles. The van der Waals surface area contributed by atoms with Gasteiger partial charge in [-0.05, 0) is 64.2 Å². The minimum Gasteiger partial charge on any atom is -0.462 e. The molecule has 6 heteroatoms. The minimum atomic E-state index is -0.794. The summed E-state index contributed by atoms with van der Waals surface area (Å²) < 4.78 is 5.92. The number of aliphatic hydroxyl groups is 2. The van der Waals surface area contributed by atoms with Gasteiger partial charge in [-0.3, -0.25) is 9.59 Å². The Kier molecular flexibility index (Phi) is 46.6. The predicted octanol–water partition coefficient (Wildman–Crippen LogP) is 15.7. The molecular formula is C54H101NO5. The van der Waals surface area contributed by atoms with Gasteiger partial charge >= 0.3 is 5.97 Å². The van der Waals surface area contributed by atoms with Crippen LogP contribution in [0.5, 0.6) is 0 Å². The summed E-state index contributed by atoms with van der Waals surface area (Å²) in [5, 5.41) is 23.7. The van der Waals surface area contributed by atoms with Gasteiger partial charge in [0, 0.05) is 6.42 Å². The molecule has 3 atom stereocenters. The molecule has 60 heavy (non-hydrogen) atoms. The van der Waals surface area contributed by atoms with Crippen LogP contribution in [0.2, 0.25) is 0 Å². The van der Waals surface area contributed by atoms with E-state index >= 15 is 0 Å². The zero-order chi connectivity index (χ0) is 43.8. The molecule has 0 rings (SSSR count). The normalized spacial score (nSPS) is 13.5. The molecule has 0 fully saturated rings. The van der Waals surface area contributed by atoms with Crippen LogP contribution in [0.4, 0.5) is 0 Å². The van der Waals surface area contributed by atoms with Gasteiger partial charge in [-0.1, -0.05) is 231 Å². The van der Waals surface area contributed by atoms with Crippen LogP contribution in [0.15, 0.2) is 36.5 Å². The van der Waals surface area contributed by atoms with E-state index in [2.05, 4.69) is 62.5 Å². The third-order valence-corrected chi connectivity index (χ3v) is 12.0. The first-order chi connectivity index (χ1) is 29.5. The highest BCUT2D eigenvalue weighted by Gasteiger charge is 2.24. The fourth-order valence-corrected chi connectivity index (χ4v) is 7.97. The SMILES string of the molecule is CCCCC/C=C\C/C=C\C/C=C\CCCCC(CC(=O)NC(CO)C(O)CCCCCCCCCCCCC)OC(=O)CCCCCCCCCCCCCCCCC. The van der Waals surface area contributed by atoms with Crippen LogP contribution in [0.3, 0.4) is 0 Å². The molecular weight excluding hydrogens is 743 g/mol. The first-order valence-electron chi connectivity index (χ1n) is 26.2. The number of carbonyl (C=O) groups excluding carboxylic acids is 2. The van der Waals surface area contributed by atoms with Crippen molar-refractivity contribution in [2.45, 2.75) is 289 Å². The van der Waals surface area contributed by atoms with E-state index < -0.39 is 18.2 Å². The summed E-state index contributed by atoms with van der Waals surface area (Å²) >= 11 is 0. The molecule has 0 aliphatic rings. The lowest BCUT2D eigenvalue weighted by Crippen LogP contribution is -2.46. The fraction of sp³-hybridized carbons (Fsp3) is 0.852. The lowest BCUT2D eigenvalue weighted by atomic mass is 10.0. The van der Waals surface area contributed by atoms with Crippen molar-refractivity contribution in [2.24, 2.45) is 0 Å². The molecule has 352 valence electrons. The van der Waals surface area contributed by atoms with Gasteiger partial charge in [-0.15, -0.1) is 0 Å².